The number of aromatic nitrogens is 1. The lowest BCUT2D eigenvalue weighted by atomic mass is 10.1. The van der Waals surface area contributed by atoms with E-state index in [0.29, 0.717) is 30.5 Å². The topological polar surface area (TPSA) is 33.2 Å². The smallest absolute Gasteiger partial charge is 0.255 e. The molecule has 1 unspecified atom stereocenters. The van der Waals surface area contributed by atoms with Crippen molar-refractivity contribution >= 4 is 16.8 Å². The molecule has 20 heavy (non-hydrogen) atoms. The van der Waals surface area contributed by atoms with Crippen LogP contribution in [0.25, 0.3) is 10.9 Å². The normalized spacial score (nSPS) is 27.6. The van der Waals surface area contributed by atoms with Crippen LogP contribution < -0.4 is 0 Å². The highest BCUT2D eigenvalue weighted by molar-refractivity contribution is 5.97. The molecular weight excluding hydrogens is 255 g/mol. The van der Waals surface area contributed by atoms with Crippen LogP contribution in [0.3, 0.4) is 0 Å². The molecule has 0 bridgehead atoms. The fourth-order valence-corrected chi connectivity index (χ4v) is 3.41. The van der Waals surface area contributed by atoms with E-state index in [-0.39, 0.29) is 18.5 Å². The van der Waals surface area contributed by atoms with Crippen molar-refractivity contribution in [1.29, 1.82) is 0 Å². The second-order valence-electron chi connectivity index (χ2n) is 5.77. The number of halogens is 1. The summed E-state index contributed by atoms with van der Waals surface area (Å²) >= 11 is 0. The fourth-order valence-electron chi connectivity index (χ4n) is 3.41. The van der Waals surface area contributed by atoms with Crippen molar-refractivity contribution in [1.82, 2.24) is 9.88 Å². The number of likely N-dealkylation sites (tertiary alicyclic amines) is 1. The number of para-hydroxylation sites is 1. The summed E-state index contributed by atoms with van der Waals surface area (Å²) in [5, 5.41) is 0.976. The van der Waals surface area contributed by atoms with Gasteiger partial charge in [0.25, 0.3) is 5.91 Å². The molecule has 1 saturated heterocycles. The minimum absolute atomic E-state index is 0.0214. The van der Waals surface area contributed by atoms with Crippen LogP contribution in [0.15, 0.2) is 36.5 Å². The van der Waals surface area contributed by atoms with Crippen LogP contribution in [0.2, 0.25) is 0 Å². The van der Waals surface area contributed by atoms with E-state index in [0.717, 1.165) is 10.9 Å². The van der Waals surface area contributed by atoms with E-state index in [9.17, 15) is 9.18 Å². The van der Waals surface area contributed by atoms with Gasteiger partial charge in [0.15, 0.2) is 0 Å². The van der Waals surface area contributed by atoms with E-state index >= 15 is 0 Å². The number of nitrogens with zero attached hydrogens (tertiary/aromatic N) is 2. The molecule has 0 N–H and O–H groups in total. The molecule has 2 aliphatic rings. The molecule has 1 aromatic heterocycles. The summed E-state index contributed by atoms with van der Waals surface area (Å²) in [5.41, 5.74) is 1.52. The first-order valence-corrected chi connectivity index (χ1v) is 6.98. The summed E-state index contributed by atoms with van der Waals surface area (Å²) in [6.45, 7) is 1.16. The predicted molar refractivity (Wildman–Crippen MR) is 74.1 cm³/mol. The van der Waals surface area contributed by atoms with Crippen LogP contribution in [0.5, 0.6) is 0 Å². The highest BCUT2D eigenvalue weighted by Gasteiger charge is 2.56. The third-order valence-corrected chi connectivity index (χ3v) is 4.67. The third kappa shape index (κ3) is 1.71. The Morgan fingerprint density at radius 3 is 2.80 bits per heavy atom. The number of amides is 1. The first kappa shape index (κ1) is 11.8. The van der Waals surface area contributed by atoms with E-state index in [2.05, 4.69) is 4.98 Å². The number of alkyl halides is 1. The monoisotopic (exact) mass is 270 g/mol. The molecule has 2 aromatic rings. The molecule has 2 fully saturated rings. The van der Waals surface area contributed by atoms with Crippen molar-refractivity contribution in [3.63, 3.8) is 0 Å². The average Bonchev–Trinajstić information content (AvgIpc) is 2.97. The summed E-state index contributed by atoms with van der Waals surface area (Å²) < 4.78 is 12.6. The Labute approximate surface area is 116 Å². The number of hydrogen-bond donors (Lipinski definition) is 0. The van der Waals surface area contributed by atoms with E-state index in [1.807, 2.05) is 35.2 Å². The number of carbonyl (C=O) groups is 1. The van der Waals surface area contributed by atoms with Gasteiger partial charge in [0.2, 0.25) is 0 Å². The van der Waals surface area contributed by atoms with Crippen LogP contribution in [0.1, 0.15) is 10.4 Å². The first-order valence-electron chi connectivity index (χ1n) is 6.98. The maximum atomic E-state index is 12.6. The molecule has 1 aromatic carbocycles. The zero-order chi connectivity index (χ0) is 13.7. The standard InChI is InChI=1S/C16H15FN2O/c17-6-12-13-8-19(9-14(12)13)16(20)11-5-10-3-1-2-4-15(10)18-7-11/h1-5,7,12-14H,6,8-9H2/t12?,13-,14+. The Bertz CT molecular complexity index is 675. The minimum Gasteiger partial charge on any atom is -0.338 e. The second kappa shape index (κ2) is 4.27. The molecule has 3 nitrogen and oxygen atoms in total. The molecule has 1 aliphatic heterocycles. The lowest BCUT2D eigenvalue weighted by molar-refractivity contribution is 0.0765. The predicted octanol–water partition coefficient (Wildman–Crippen LogP) is 2.52. The number of rotatable bonds is 2. The molecule has 3 atom stereocenters. The summed E-state index contributed by atoms with van der Waals surface area (Å²) in [4.78, 5) is 18.6. The van der Waals surface area contributed by atoms with Gasteiger partial charge in [-0.15, -0.1) is 0 Å². The summed E-state index contributed by atoms with van der Waals surface area (Å²) in [6, 6.07) is 9.65. The van der Waals surface area contributed by atoms with Gasteiger partial charge in [0.1, 0.15) is 0 Å². The van der Waals surface area contributed by atoms with Crippen LogP contribution >= 0.6 is 0 Å². The number of benzene rings is 1. The Morgan fingerprint density at radius 1 is 1.30 bits per heavy atom. The van der Waals surface area contributed by atoms with Gasteiger partial charge in [-0.05, 0) is 29.9 Å². The van der Waals surface area contributed by atoms with Gasteiger partial charge in [0, 0.05) is 24.7 Å². The first-order chi connectivity index (χ1) is 9.78. The lowest BCUT2D eigenvalue weighted by Gasteiger charge is -2.19. The number of hydrogen-bond acceptors (Lipinski definition) is 2. The Kier molecular flexibility index (Phi) is 2.52. The van der Waals surface area contributed by atoms with Crippen molar-refractivity contribution in [3.8, 4) is 0 Å². The Hall–Kier alpha value is -1.97. The maximum Gasteiger partial charge on any atom is 0.255 e. The van der Waals surface area contributed by atoms with Crippen molar-refractivity contribution in [2.75, 3.05) is 19.8 Å². The molecule has 102 valence electrons. The van der Waals surface area contributed by atoms with Gasteiger partial charge >= 0.3 is 0 Å². The zero-order valence-corrected chi connectivity index (χ0v) is 11.0. The number of piperidine rings is 1. The SMILES string of the molecule is O=C(c1cnc2ccccc2c1)N1C[C@@H]2C(CF)[C@@H]2C1. The van der Waals surface area contributed by atoms with E-state index < -0.39 is 0 Å². The highest BCUT2D eigenvalue weighted by Crippen LogP contribution is 2.51. The summed E-state index contributed by atoms with van der Waals surface area (Å²) in [6.07, 6.45) is 1.64. The average molecular weight is 270 g/mol. The van der Waals surface area contributed by atoms with E-state index in [4.69, 9.17) is 0 Å². The molecule has 1 aliphatic carbocycles. The molecule has 1 amide bonds. The van der Waals surface area contributed by atoms with Crippen LogP contribution in [-0.2, 0) is 0 Å². The van der Waals surface area contributed by atoms with Crippen molar-refractivity contribution in [2.45, 2.75) is 0 Å². The second-order valence-corrected chi connectivity index (χ2v) is 5.77. The molecule has 2 heterocycles. The van der Waals surface area contributed by atoms with Crippen molar-refractivity contribution in [3.05, 3.63) is 42.1 Å². The highest BCUT2D eigenvalue weighted by atomic mass is 19.1. The van der Waals surface area contributed by atoms with Gasteiger partial charge in [0.05, 0.1) is 17.8 Å². The van der Waals surface area contributed by atoms with Gasteiger partial charge < -0.3 is 4.90 Å². The van der Waals surface area contributed by atoms with Gasteiger partial charge in [-0.3, -0.25) is 14.2 Å². The molecule has 0 spiro atoms. The largest absolute Gasteiger partial charge is 0.338 e. The van der Waals surface area contributed by atoms with Crippen LogP contribution in [0.4, 0.5) is 4.39 Å². The zero-order valence-electron chi connectivity index (χ0n) is 11.0. The quantitative estimate of drug-likeness (QED) is 0.840. The van der Waals surface area contributed by atoms with Crippen molar-refractivity contribution < 1.29 is 9.18 Å². The van der Waals surface area contributed by atoms with Gasteiger partial charge in [-0.2, -0.15) is 0 Å². The number of fused-ring (bicyclic) bond motifs is 2. The van der Waals surface area contributed by atoms with Gasteiger partial charge in [-0.25, -0.2) is 0 Å². The minimum atomic E-state index is -0.241. The number of pyridine rings is 1. The molecule has 4 rings (SSSR count). The molecule has 1 saturated carbocycles. The van der Waals surface area contributed by atoms with Crippen LogP contribution in [0, 0.1) is 17.8 Å². The fraction of sp³-hybridized carbons (Fsp3) is 0.375. The molecule has 0 radical (unpaired) electrons. The van der Waals surface area contributed by atoms with E-state index in [1.54, 1.807) is 6.20 Å². The van der Waals surface area contributed by atoms with E-state index in [1.165, 1.54) is 0 Å². The number of carbonyl (C=O) groups excluding carboxylic acids is 1. The summed E-state index contributed by atoms with van der Waals surface area (Å²) in [5.74, 6) is 0.997. The Morgan fingerprint density at radius 2 is 2.05 bits per heavy atom. The lowest BCUT2D eigenvalue weighted by Crippen LogP contribution is -2.31. The third-order valence-electron chi connectivity index (χ3n) is 4.67. The molecule has 4 heteroatoms. The van der Waals surface area contributed by atoms with Crippen molar-refractivity contribution in [2.24, 2.45) is 17.8 Å². The Balaban J connectivity index is 1.56. The van der Waals surface area contributed by atoms with Crippen LogP contribution in [-0.4, -0.2) is 35.6 Å². The summed E-state index contributed by atoms with van der Waals surface area (Å²) in [7, 11) is 0. The molecular formula is C16H15FN2O. The van der Waals surface area contributed by atoms with Gasteiger partial charge in [-0.1, -0.05) is 18.2 Å². The maximum absolute atomic E-state index is 12.6.